The zero-order valence-electron chi connectivity index (χ0n) is 16.2. The lowest BCUT2D eigenvalue weighted by molar-refractivity contribution is 0.187. The number of fused-ring (bicyclic) bond motifs is 3. The zero-order chi connectivity index (χ0) is 19.0. The molecule has 0 radical (unpaired) electrons. The molecule has 2 unspecified atom stereocenters. The Morgan fingerprint density at radius 1 is 1.22 bits per heavy atom. The summed E-state index contributed by atoms with van der Waals surface area (Å²) in [6, 6.07) is 6.99. The molecular formula is C21H27N3O3. The fraction of sp³-hybridized carbons (Fsp3) is 0.524. The molecule has 2 aliphatic heterocycles. The lowest BCUT2D eigenvalue weighted by Gasteiger charge is -2.28. The number of aryl methyl sites for hydroxylation is 1. The third-order valence-corrected chi connectivity index (χ3v) is 5.75. The highest BCUT2D eigenvalue weighted by Gasteiger charge is 2.38. The van der Waals surface area contributed by atoms with Gasteiger partial charge in [-0.05, 0) is 50.8 Å². The fourth-order valence-electron chi connectivity index (χ4n) is 4.51. The van der Waals surface area contributed by atoms with Crippen LogP contribution in [0.4, 0.5) is 0 Å². The molecule has 4 rings (SSSR count). The van der Waals surface area contributed by atoms with Crippen LogP contribution in [0.25, 0.3) is 0 Å². The van der Waals surface area contributed by atoms with E-state index in [9.17, 15) is 4.79 Å². The Morgan fingerprint density at radius 3 is 2.74 bits per heavy atom. The van der Waals surface area contributed by atoms with Gasteiger partial charge in [-0.2, -0.15) is 0 Å². The minimum Gasteiger partial charge on any atom is -0.493 e. The highest BCUT2D eigenvalue weighted by atomic mass is 16.5. The Kier molecular flexibility index (Phi) is 4.91. The highest BCUT2D eigenvalue weighted by Crippen LogP contribution is 2.35. The lowest BCUT2D eigenvalue weighted by atomic mass is 9.98. The van der Waals surface area contributed by atoms with Gasteiger partial charge in [0.1, 0.15) is 5.82 Å². The van der Waals surface area contributed by atoms with Gasteiger partial charge >= 0.3 is 0 Å². The molecule has 1 saturated heterocycles. The summed E-state index contributed by atoms with van der Waals surface area (Å²) >= 11 is 0. The molecule has 27 heavy (non-hydrogen) atoms. The summed E-state index contributed by atoms with van der Waals surface area (Å²) in [4.78, 5) is 22.5. The van der Waals surface area contributed by atoms with Gasteiger partial charge in [-0.25, -0.2) is 4.98 Å². The van der Waals surface area contributed by atoms with E-state index in [0.29, 0.717) is 24.5 Å². The number of nitrogens with zero attached hydrogens (tertiary/aromatic N) is 2. The Morgan fingerprint density at radius 2 is 2.00 bits per heavy atom. The van der Waals surface area contributed by atoms with Crippen molar-refractivity contribution in [3.63, 3.8) is 0 Å². The van der Waals surface area contributed by atoms with Crippen LogP contribution in [-0.4, -0.2) is 40.7 Å². The number of H-pyrrole nitrogens is 1. The van der Waals surface area contributed by atoms with E-state index < -0.39 is 0 Å². The number of benzene rings is 1. The van der Waals surface area contributed by atoms with Crippen LogP contribution >= 0.6 is 0 Å². The molecule has 1 aromatic heterocycles. The summed E-state index contributed by atoms with van der Waals surface area (Å²) in [6.07, 6.45) is 3.92. The van der Waals surface area contributed by atoms with Crippen molar-refractivity contribution in [2.24, 2.45) is 0 Å². The number of hydrogen-bond acceptors (Lipinski definition) is 5. The maximum absolute atomic E-state index is 12.4. The van der Waals surface area contributed by atoms with Crippen molar-refractivity contribution >= 4 is 0 Å². The van der Waals surface area contributed by atoms with Gasteiger partial charge in [0.25, 0.3) is 5.56 Å². The number of rotatable bonds is 5. The Bertz CT molecular complexity index is 893. The van der Waals surface area contributed by atoms with Crippen LogP contribution in [0.1, 0.15) is 42.4 Å². The Hall–Kier alpha value is -2.34. The molecule has 0 aliphatic carbocycles. The minimum atomic E-state index is 0.0349. The summed E-state index contributed by atoms with van der Waals surface area (Å²) in [6.45, 7) is 5.29. The maximum atomic E-state index is 12.4. The summed E-state index contributed by atoms with van der Waals surface area (Å²) in [5.41, 5.74) is 3.10. The van der Waals surface area contributed by atoms with Gasteiger partial charge in [0, 0.05) is 30.6 Å². The normalized spacial score (nSPS) is 21.6. The summed E-state index contributed by atoms with van der Waals surface area (Å²) in [5.74, 6) is 2.26. The molecule has 6 nitrogen and oxygen atoms in total. The number of aromatic amines is 1. The first-order chi connectivity index (χ1) is 13.1. The standard InChI is InChI=1S/C21H27N3O3/c1-4-27-19-8-5-14(9-20(19)26-3)12-24-15-6-7-16(24)11-18-17(10-15)21(25)23-13(2)22-18/h5,8-9,15-16H,4,6-7,10-12H2,1-3H3,(H,22,23,25). The molecule has 0 amide bonds. The zero-order valence-corrected chi connectivity index (χ0v) is 16.2. The first-order valence-electron chi connectivity index (χ1n) is 9.73. The number of nitrogens with one attached hydrogen (secondary N) is 1. The van der Waals surface area contributed by atoms with E-state index in [2.05, 4.69) is 27.0 Å². The predicted molar refractivity (Wildman–Crippen MR) is 104 cm³/mol. The third-order valence-electron chi connectivity index (χ3n) is 5.75. The monoisotopic (exact) mass is 369 g/mol. The average molecular weight is 369 g/mol. The van der Waals surface area contributed by atoms with E-state index in [1.807, 2.05) is 19.9 Å². The van der Waals surface area contributed by atoms with Gasteiger partial charge in [0.05, 0.1) is 19.4 Å². The first-order valence-corrected chi connectivity index (χ1v) is 9.73. The van der Waals surface area contributed by atoms with Crippen LogP contribution < -0.4 is 15.0 Å². The maximum Gasteiger partial charge on any atom is 0.254 e. The van der Waals surface area contributed by atoms with Crippen LogP contribution in [0.2, 0.25) is 0 Å². The molecule has 144 valence electrons. The van der Waals surface area contributed by atoms with Gasteiger partial charge in [-0.15, -0.1) is 0 Å². The Balaban J connectivity index is 1.59. The van der Waals surface area contributed by atoms with Crippen LogP contribution in [0.5, 0.6) is 11.5 Å². The van der Waals surface area contributed by atoms with E-state index in [-0.39, 0.29) is 5.56 Å². The molecule has 1 aromatic carbocycles. The van der Waals surface area contributed by atoms with Gasteiger partial charge in [-0.1, -0.05) is 6.07 Å². The van der Waals surface area contributed by atoms with Crippen molar-refractivity contribution in [2.45, 2.75) is 58.2 Å². The van der Waals surface area contributed by atoms with E-state index >= 15 is 0 Å². The lowest BCUT2D eigenvalue weighted by Crippen LogP contribution is -2.36. The van der Waals surface area contributed by atoms with E-state index in [4.69, 9.17) is 9.47 Å². The second-order valence-electron chi connectivity index (χ2n) is 7.46. The molecule has 2 aromatic rings. The first kappa shape index (κ1) is 18.0. The third kappa shape index (κ3) is 3.46. The second-order valence-corrected chi connectivity index (χ2v) is 7.46. The van der Waals surface area contributed by atoms with Crippen molar-refractivity contribution in [1.82, 2.24) is 14.9 Å². The molecular weight excluding hydrogens is 342 g/mol. The SMILES string of the molecule is CCOc1ccc(CN2C3CCC2Cc2c(nc(C)[nH]c2=O)C3)cc1OC. The van der Waals surface area contributed by atoms with Crippen LogP contribution in [-0.2, 0) is 19.4 Å². The van der Waals surface area contributed by atoms with Gasteiger partial charge in [0.2, 0.25) is 0 Å². The molecule has 1 N–H and O–H groups in total. The summed E-state index contributed by atoms with van der Waals surface area (Å²) in [5, 5.41) is 0. The molecule has 0 saturated carbocycles. The minimum absolute atomic E-state index is 0.0349. The van der Waals surface area contributed by atoms with Crippen molar-refractivity contribution < 1.29 is 9.47 Å². The second kappa shape index (κ2) is 7.35. The molecule has 0 spiro atoms. The van der Waals surface area contributed by atoms with E-state index in [1.165, 1.54) is 5.56 Å². The van der Waals surface area contributed by atoms with Crippen molar-refractivity contribution in [2.75, 3.05) is 13.7 Å². The number of methoxy groups -OCH3 is 1. The van der Waals surface area contributed by atoms with Gasteiger partial charge in [0.15, 0.2) is 11.5 Å². The molecule has 1 fully saturated rings. The van der Waals surface area contributed by atoms with Crippen LogP contribution in [0.3, 0.4) is 0 Å². The smallest absolute Gasteiger partial charge is 0.254 e. The van der Waals surface area contributed by atoms with Crippen LogP contribution in [0, 0.1) is 6.92 Å². The topological polar surface area (TPSA) is 67.5 Å². The molecule has 2 aliphatic rings. The molecule has 6 heteroatoms. The largest absolute Gasteiger partial charge is 0.493 e. The number of hydrogen-bond donors (Lipinski definition) is 1. The highest BCUT2D eigenvalue weighted by molar-refractivity contribution is 5.43. The summed E-state index contributed by atoms with van der Waals surface area (Å²) < 4.78 is 11.1. The van der Waals surface area contributed by atoms with Crippen molar-refractivity contribution in [3.8, 4) is 11.5 Å². The Labute approximate surface area is 159 Å². The van der Waals surface area contributed by atoms with Crippen molar-refractivity contribution in [1.29, 1.82) is 0 Å². The van der Waals surface area contributed by atoms with E-state index in [1.54, 1.807) is 7.11 Å². The quantitative estimate of drug-likeness (QED) is 0.878. The number of aromatic nitrogens is 2. The fourth-order valence-corrected chi connectivity index (χ4v) is 4.51. The molecule has 2 atom stereocenters. The number of ether oxygens (including phenoxy) is 2. The van der Waals surface area contributed by atoms with E-state index in [0.717, 1.165) is 55.0 Å². The molecule has 2 bridgehead atoms. The van der Waals surface area contributed by atoms with Crippen LogP contribution in [0.15, 0.2) is 23.0 Å². The average Bonchev–Trinajstić information content (AvgIpc) is 2.92. The molecule has 3 heterocycles. The summed E-state index contributed by atoms with van der Waals surface area (Å²) in [7, 11) is 1.67. The van der Waals surface area contributed by atoms with Crippen molar-refractivity contribution in [3.05, 3.63) is 51.2 Å². The van der Waals surface area contributed by atoms with Gasteiger partial charge < -0.3 is 14.5 Å². The predicted octanol–water partition coefficient (Wildman–Crippen LogP) is 2.62. The van der Waals surface area contributed by atoms with Gasteiger partial charge in [-0.3, -0.25) is 9.69 Å².